The van der Waals surface area contributed by atoms with Crippen molar-refractivity contribution in [2.45, 2.75) is 40.2 Å². The second-order valence-corrected chi connectivity index (χ2v) is 5.56. The minimum absolute atomic E-state index is 0.251. The van der Waals surface area contributed by atoms with Gasteiger partial charge in [-0.05, 0) is 37.8 Å². The maximum Gasteiger partial charge on any atom is 0.0394 e. The van der Waals surface area contributed by atoms with Crippen molar-refractivity contribution in [3.8, 4) is 0 Å². The molecule has 0 heterocycles. The minimum atomic E-state index is 0.251. The fraction of sp³-hybridized carbons (Fsp3) is 0.600. The summed E-state index contributed by atoms with van der Waals surface area (Å²) in [5, 5.41) is 0. The van der Waals surface area contributed by atoms with E-state index in [1.54, 1.807) is 0 Å². The molecule has 0 unspecified atom stereocenters. The molecule has 17 heavy (non-hydrogen) atoms. The molecule has 0 spiro atoms. The van der Waals surface area contributed by atoms with Gasteiger partial charge in [0.15, 0.2) is 0 Å². The molecule has 0 amide bonds. The maximum atomic E-state index is 6.15. The number of hydrogen-bond donors (Lipinski definition) is 1. The monoisotopic (exact) mass is 234 g/mol. The van der Waals surface area contributed by atoms with Crippen LogP contribution in [0, 0.1) is 19.8 Å². The second kappa shape index (κ2) is 6.06. The summed E-state index contributed by atoms with van der Waals surface area (Å²) in [4.78, 5) is 2.27. The summed E-state index contributed by atoms with van der Waals surface area (Å²) >= 11 is 0. The van der Waals surface area contributed by atoms with Gasteiger partial charge in [0.2, 0.25) is 0 Å². The first-order valence-electron chi connectivity index (χ1n) is 6.44. The van der Waals surface area contributed by atoms with Gasteiger partial charge in [-0.25, -0.2) is 0 Å². The van der Waals surface area contributed by atoms with Gasteiger partial charge in [-0.1, -0.05) is 31.5 Å². The topological polar surface area (TPSA) is 29.3 Å². The molecule has 0 fully saturated rings. The second-order valence-electron chi connectivity index (χ2n) is 5.56. The van der Waals surface area contributed by atoms with Gasteiger partial charge in [-0.15, -0.1) is 0 Å². The van der Waals surface area contributed by atoms with E-state index in [9.17, 15) is 0 Å². The zero-order valence-corrected chi connectivity index (χ0v) is 11.8. The molecule has 0 aliphatic rings. The van der Waals surface area contributed by atoms with Crippen molar-refractivity contribution in [1.82, 2.24) is 0 Å². The van der Waals surface area contributed by atoms with Crippen LogP contribution in [0.3, 0.4) is 0 Å². The number of nitrogens with two attached hydrogens (primary N) is 1. The van der Waals surface area contributed by atoms with E-state index in [4.69, 9.17) is 5.73 Å². The van der Waals surface area contributed by atoms with Crippen LogP contribution in [0.2, 0.25) is 0 Å². The third kappa shape index (κ3) is 4.39. The SMILES string of the molecule is Cc1ccc(N(C)C[C@H](N)CC(C)C)c(C)c1. The van der Waals surface area contributed by atoms with E-state index in [1.165, 1.54) is 16.8 Å². The van der Waals surface area contributed by atoms with Crippen LogP contribution in [-0.4, -0.2) is 19.6 Å². The average molecular weight is 234 g/mol. The van der Waals surface area contributed by atoms with Crippen LogP contribution in [-0.2, 0) is 0 Å². The Morgan fingerprint density at radius 1 is 1.24 bits per heavy atom. The number of hydrogen-bond acceptors (Lipinski definition) is 2. The van der Waals surface area contributed by atoms with E-state index in [-0.39, 0.29) is 6.04 Å². The highest BCUT2D eigenvalue weighted by Crippen LogP contribution is 2.20. The molecule has 0 saturated heterocycles. The zero-order valence-electron chi connectivity index (χ0n) is 11.8. The molecule has 96 valence electrons. The lowest BCUT2D eigenvalue weighted by Gasteiger charge is -2.26. The Bertz CT molecular complexity index is 358. The molecule has 1 rings (SSSR count). The van der Waals surface area contributed by atoms with Crippen LogP contribution < -0.4 is 10.6 Å². The first kappa shape index (κ1) is 14.0. The van der Waals surface area contributed by atoms with Crippen molar-refractivity contribution in [2.24, 2.45) is 11.7 Å². The molecule has 0 saturated carbocycles. The summed E-state index contributed by atoms with van der Waals surface area (Å²) in [7, 11) is 2.12. The third-order valence-corrected chi connectivity index (χ3v) is 3.05. The first-order chi connectivity index (χ1) is 7.90. The molecule has 1 aromatic rings. The summed E-state index contributed by atoms with van der Waals surface area (Å²) < 4.78 is 0. The van der Waals surface area contributed by atoms with E-state index in [0.717, 1.165) is 13.0 Å². The Hall–Kier alpha value is -1.02. The number of benzene rings is 1. The molecular weight excluding hydrogens is 208 g/mol. The smallest absolute Gasteiger partial charge is 0.0394 e. The number of nitrogens with zero attached hydrogens (tertiary/aromatic N) is 1. The highest BCUT2D eigenvalue weighted by Gasteiger charge is 2.10. The highest BCUT2D eigenvalue weighted by atomic mass is 15.1. The number of likely N-dealkylation sites (N-methyl/N-ethyl adjacent to an activating group) is 1. The number of rotatable bonds is 5. The highest BCUT2D eigenvalue weighted by molar-refractivity contribution is 5.53. The molecule has 2 heteroatoms. The van der Waals surface area contributed by atoms with Crippen molar-refractivity contribution in [3.05, 3.63) is 29.3 Å². The van der Waals surface area contributed by atoms with Gasteiger partial charge < -0.3 is 10.6 Å². The lowest BCUT2D eigenvalue weighted by atomic mass is 10.0. The molecule has 1 atom stereocenters. The molecule has 0 radical (unpaired) electrons. The van der Waals surface area contributed by atoms with Crippen LogP contribution in [0.5, 0.6) is 0 Å². The van der Waals surface area contributed by atoms with Crippen molar-refractivity contribution in [2.75, 3.05) is 18.5 Å². The first-order valence-corrected chi connectivity index (χ1v) is 6.44. The average Bonchev–Trinajstić information content (AvgIpc) is 2.15. The van der Waals surface area contributed by atoms with Crippen LogP contribution >= 0.6 is 0 Å². The summed E-state index contributed by atoms with van der Waals surface area (Å²) in [5.74, 6) is 0.664. The fourth-order valence-corrected chi connectivity index (χ4v) is 2.36. The zero-order chi connectivity index (χ0) is 13.0. The largest absolute Gasteiger partial charge is 0.373 e. The van der Waals surface area contributed by atoms with Crippen molar-refractivity contribution >= 4 is 5.69 Å². The van der Waals surface area contributed by atoms with Crippen LogP contribution in [0.1, 0.15) is 31.4 Å². The van der Waals surface area contributed by atoms with E-state index >= 15 is 0 Å². The Balaban J connectivity index is 2.66. The lowest BCUT2D eigenvalue weighted by Crippen LogP contribution is -2.36. The van der Waals surface area contributed by atoms with Crippen molar-refractivity contribution < 1.29 is 0 Å². The van der Waals surface area contributed by atoms with Crippen LogP contribution in [0.25, 0.3) is 0 Å². The molecule has 1 aromatic carbocycles. The van der Waals surface area contributed by atoms with Crippen molar-refractivity contribution in [1.29, 1.82) is 0 Å². The van der Waals surface area contributed by atoms with Gasteiger partial charge in [-0.3, -0.25) is 0 Å². The Kier molecular flexibility index (Phi) is 5.01. The quantitative estimate of drug-likeness (QED) is 0.848. The molecule has 0 bridgehead atoms. The predicted octanol–water partition coefficient (Wildman–Crippen LogP) is 3.11. The van der Waals surface area contributed by atoms with Gasteiger partial charge in [0.1, 0.15) is 0 Å². The Morgan fingerprint density at radius 3 is 2.41 bits per heavy atom. The molecule has 0 aromatic heterocycles. The van der Waals surface area contributed by atoms with E-state index < -0.39 is 0 Å². The summed E-state index contributed by atoms with van der Waals surface area (Å²) in [6.45, 7) is 9.64. The molecule has 2 nitrogen and oxygen atoms in total. The summed E-state index contributed by atoms with van der Waals surface area (Å²) in [5.41, 5.74) is 10.1. The molecular formula is C15H26N2. The van der Waals surface area contributed by atoms with Crippen molar-refractivity contribution in [3.63, 3.8) is 0 Å². The standard InChI is InChI=1S/C15H26N2/c1-11(2)8-14(16)10-17(5)15-7-6-12(3)9-13(15)4/h6-7,9,11,14H,8,10,16H2,1-5H3/t14-/m1/s1. The van der Waals surface area contributed by atoms with Gasteiger partial charge >= 0.3 is 0 Å². The Labute approximate surface area is 106 Å². The van der Waals surface area contributed by atoms with Gasteiger partial charge in [0.25, 0.3) is 0 Å². The van der Waals surface area contributed by atoms with Gasteiger partial charge in [0, 0.05) is 25.3 Å². The van der Waals surface area contributed by atoms with Crippen LogP contribution in [0.15, 0.2) is 18.2 Å². The van der Waals surface area contributed by atoms with Gasteiger partial charge in [0.05, 0.1) is 0 Å². The molecule has 0 aliphatic carbocycles. The predicted molar refractivity (Wildman–Crippen MR) is 76.6 cm³/mol. The van der Waals surface area contributed by atoms with Crippen LogP contribution in [0.4, 0.5) is 5.69 Å². The Morgan fingerprint density at radius 2 is 1.88 bits per heavy atom. The number of aryl methyl sites for hydroxylation is 2. The summed E-state index contributed by atoms with van der Waals surface area (Å²) in [6, 6.07) is 6.82. The third-order valence-electron chi connectivity index (χ3n) is 3.05. The molecule has 2 N–H and O–H groups in total. The van der Waals surface area contributed by atoms with Gasteiger partial charge in [-0.2, -0.15) is 0 Å². The molecule has 0 aliphatic heterocycles. The minimum Gasteiger partial charge on any atom is -0.373 e. The van der Waals surface area contributed by atoms with E-state index in [0.29, 0.717) is 5.92 Å². The normalized spacial score (nSPS) is 12.9. The fourth-order valence-electron chi connectivity index (χ4n) is 2.36. The summed E-state index contributed by atoms with van der Waals surface area (Å²) in [6.07, 6.45) is 1.08. The maximum absolute atomic E-state index is 6.15. The lowest BCUT2D eigenvalue weighted by molar-refractivity contribution is 0.495. The van der Waals surface area contributed by atoms with E-state index in [2.05, 4.69) is 57.8 Å². The number of anilines is 1. The van der Waals surface area contributed by atoms with E-state index in [1.807, 2.05) is 0 Å².